The van der Waals surface area contributed by atoms with E-state index in [1.807, 2.05) is 16.8 Å². The van der Waals surface area contributed by atoms with Crippen LogP contribution < -0.4 is 5.32 Å². The van der Waals surface area contributed by atoms with Gasteiger partial charge in [-0.25, -0.2) is 0 Å². The van der Waals surface area contributed by atoms with Gasteiger partial charge < -0.3 is 10.1 Å². The Morgan fingerprint density at radius 1 is 1.45 bits per heavy atom. The molecule has 2 rings (SSSR count). The third kappa shape index (κ3) is 5.08. The second-order valence-electron chi connectivity index (χ2n) is 4.42. The van der Waals surface area contributed by atoms with Gasteiger partial charge in [-0.05, 0) is 22.4 Å². The van der Waals surface area contributed by atoms with E-state index in [1.165, 1.54) is 28.0 Å². The Kier molecular flexibility index (Phi) is 6.34. The van der Waals surface area contributed by atoms with Crippen LogP contribution in [0.4, 0.5) is 0 Å². The first-order chi connectivity index (χ1) is 10.6. The average molecular weight is 358 g/mol. The largest absolute Gasteiger partial charge is 0.455 e. The van der Waals surface area contributed by atoms with Crippen LogP contribution in [0.3, 0.4) is 0 Å². The molecule has 118 valence electrons. The molecule has 0 saturated carbocycles. The van der Waals surface area contributed by atoms with Crippen molar-refractivity contribution in [3.63, 3.8) is 0 Å². The highest BCUT2D eigenvalue weighted by Gasteiger charge is 2.25. The molecule has 1 aliphatic rings. The Morgan fingerprint density at radius 2 is 2.27 bits per heavy atom. The minimum Gasteiger partial charge on any atom is -0.455 e. The fourth-order valence-electron chi connectivity index (χ4n) is 1.71. The summed E-state index contributed by atoms with van der Waals surface area (Å²) >= 11 is 7.84. The molecule has 1 saturated heterocycles. The summed E-state index contributed by atoms with van der Waals surface area (Å²) in [4.78, 5) is 36.0. The van der Waals surface area contributed by atoms with Crippen LogP contribution in [0.2, 0.25) is 0 Å². The average Bonchev–Trinajstić information content (AvgIpc) is 3.09. The van der Waals surface area contributed by atoms with Crippen LogP contribution in [0.15, 0.2) is 16.8 Å². The number of rotatable bonds is 7. The van der Waals surface area contributed by atoms with Crippen molar-refractivity contribution < 1.29 is 19.1 Å². The van der Waals surface area contributed by atoms with Crippen molar-refractivity contribution in [2.45, 2.75) is 6.42 Å². The zero-order valence-corrected chi connectivity index (χ0v) is 14.0. The van der Waals surface area contributed by atoms with Crippen molar-refractivity contribution in [1.82, 2.24) is 10.2 Å². The number of thioether (sulfide) groups is 1. The van der Waals surface area contributed by atoms with E-state index in [0.29, 0.717) is 16.6 Å². The van der Waals surface area contributed by atoms with Gasteiger partial charge in [-0.15, -0.1) is 0 Å². The molecule has 2 heterocycles. The maximum absolute atomic E-state index is 11.6. The van der Waals surface area contributed by atoms with Gasteiger partial charge >= 0.3 is 5.97 Å². The van der Waals surface area contributed by atoms with E-state index >= 15 is 0 Å². The maximum Gasteiger partial charge on any atom is 0.310 e. The number of nitrogens with zero attached hydrogens (tertiary/aromatic N) is 1. The fraction of sp³-hybridized carbons (Fsp3) is 0.385. The third-order valence-corrected chi connectivity index (χ3v) is 4.96. The van der Waals surface area contributed by atoms with Crippen molar-refractivity contribution in [3.05, 3.63) is 22.4 Å². The molecule has 0 atom stereocenters. The zero-order chi connectivity index (χ0) is 15.9. The topological polar surface area (TPSA) is 75.7 Å². The van der Waals surface area contributed by atoms with Gasteiger partial charge in [-0.2, -0.15) is 11.3 Å². The highest BCUT2D eigenvalue weighted by Crippen LogP contribution is 2.18. The molecule has 1 aromatic rings. The molecule has 0 aliphatic carbocycles. The van der Waals surface area contributed by atoms with E-state index in [9.17, 15) is 14.4 Å². The number of hydrogen-bond acceptors (Lipinski definition) is 7. The molecule has 0 bridgehead atoms. The Hall–Kier alpha value is -1.45. The van der Waals surface area contributed by atoms with Gasteiger partial charge in [0.15, 0.2) is 6.61 Å². The van der Waals surface area contributed by atoms with Crippen LogP contribution in [0, 0.1) is 0 Å². The van der Waals surface area contributed by atoms with Gasteiger partial charge in [-0.1, -0.05) is 24.0 Å². The number of nitrogens with one attached hydrogen (secondary N) is 1. The third-order valence-electron chi connectivity index (χ3n) is 2.79. The zero-order valence-electron chi connectivity index (χ0n) is 11.6. The maximum atomic E-state index is 11.6. The SMILES string of the molecule is O=C(COC(=O)Cc1ccsc1)NCCN1C(=O)CSC1=S. The predicted octanol–water partition coefficient (Wildman–Crippen LogP) is 0.810. The molecule has 1 aliphatic heterocycles. The van der Waals surface area contributed by atoms with E-state index in [2.05, 4.69) is 5.32 Å². The normalized spacial score (nSPS) is 14.3. The summed E-state index contributed by atoms with van der Waals surface area (Å²) in [6, 6.07) is 1.83. The number of carbonyl (C=O) groups is 3. The van der Waals surface area contributed by atoms with Crippen molar-refractivity contribution in [2.24, 2.45) is 0 Å². The van der Waals surface area contributed by atoms with Crippen LogP contribution in [0.5, 0.6) is 0 Å². The second-order valence-corrected chi connectivity index (χ2v) is 6.81. The Balaban J connectivity index is 1.60. The lowest BCUT2D eigenvalue weighted by molar-refractivity contribution is -0.147. The quantitative estimate of drug-likeness (QED) is 0.574. The van der Waals surface area contributed by atoms with Crippen LogP contribution in [-0.4, -0.2) is 52.5 Å². The summed E-state index contributed by atoms with van der Waals surface area (Å²) in [5.41, 5.74) is 0.869. The second kappa shape index (κ2) is 8.25. The van der Waals surface area contributed by atoms with Gasteiger partial charge in [0, 0.05) is 13.1 Å². The number of carbonyl (C=O) groups excluding carboxylic acids is 3. The number of hydrogen-bond donors (Lipinski definition) is 1. The van der Waals surface area contributed by atoms with E-state index < -0.39 is 11.9 Å². The molecule has 1 N–H and O–H groups in total. The number of thiophene rings is 1. The van der Waals surface area contributed by atoms with Crippen molar-refractivity contribution in [3.8, 4) is 0 Å². The molecule has 0 aromatic carbocycles. The summed E-state index contributed by atoms with van der Waals surface area (Å²) in [5, 5.41) is 6.32. The lowest BCUT2D eigenvalue weighted by Gasteiger charge is -2.15. The molecule has 22 heavy (non-hydrogen) atoms. The number of ether oxygens (including phenoxy) is 1. The Morgan fingerprint density at radius 3 is 2.91 bits per heavy atom. The molecule has 6 nitrogen and oxygen atoms in total. The number of thiocarbonyl (C=S) groups is 1. The molecule has 1 aromatic heterocycles. The van der Waals surface area contributed by atoms with Crippen LogP contribution in [-0.2, 0) is 25.5 Å². The van der Waals surface area contributed by atoms with Gasteiger partial charge in [0.25, 0.3) is 5.91 Å². The van der Waals surface area contributed by atoms with Crippen molar-refractivity contribution in [2.75, 3.05) is 25.4 Å². The van der Waals surface area contributed by atoms with Crippen molar-refractivity contribution >= 4 is 57.4 Å². The smallest absolute Gasteiger partial charge is 0.310 e. The monoisotopic (exact) mass is 358 g/mol. The first-order valence-corrected chi connectivity index (χ1v) is 8.80. The lowest BCUT2D eigenvalue weighted by Crippen LogP contribution is -2.38. The van der Waals surface area contributed by atoms with Crippen molar-refractivity contribution in [1.29, 1.82) is 0 Å². The van der Waals surface area contributed by atoms with Gasteiger partial charge in [0.1, 0.15) is 4.32 Å². The molecule has 0 radical (unpaired) electrons. The summed E-state index contributed by atoms with van der Waals surface area (Å²) in [6.45, 7) is 0.280. The molecule has 1 fully saturated rings. The van der Waals surface area contributed by atoms with E-state index in [-0.39, 0.29) is 25.5 Å². The van der Waals surface area contributed by atoms with Crippen LogP contribution >= 0.6 is 35.3 Å². The van der Waals surface area contributed by atoms with Gasteiger partial charge in [-0.3, -0.25) is 19.3 Å². The van der Waals surface area contributed by atoms with Gasteiger partial charge in [0.2, 0.25) is 5.91 Å². The number of esters is 1. The fourth-order valence-corrected chi connectivity index (χ4v) is 3.50. The Bertz CT molecular complexity index is 558. The minimum absolute atomic E-state index is 0.0496. The molecular formula is C13H14N2O4S3. The molecular weight excluding hydrogens is 344 g/mol. The Labute approximate surface area is 141 Å². The first kappa shape index (κ1) is 16.9. The highest BCUT2D eigenvalue weighted by molar-refractivity contribution is 8.23. The molecule has 0 spiro atoms. The van der Waals surface area contributed by atoms with Crippen LogP contribution in [0.25, 0.3) is 0 Å². The highest BCUT2D eigenvalue weighted by atomic mass is 32.2. The molecule has 9 heteroatoms. The summed E-state index contributed by atoms with van der Waals surface area (Å²) in [6.07, 6.45) is 0.157. The molecule has 2 amide bonds. The van der Waals surface area contributed by atoms with Crippen LogP contribution in [0.1, 0.15) is 5.56 Å². The minimum atomic E-state index is -0.444. The summed E-state index contributed by atoms with van der Waals surface area (Å²) in [7, 11) is 0. The van der Waals surface area contributed by atoms with E-state index in [1.54, 1.807) is 0 Å². The lowest BCUT2D eigenvalue weighted by atomic mass is 10.2. The van der Waals surface area contributed by atoms with E-state index in [4.69, 9.17) is 17.0 Å². The van der Waals surface area contributed by atoms with E-state index in [0.717, 1.165) is 5.56 Å². The first-order valence-electron chi connectivity index (χ1n) is 6.47. The molecule has 0 unspecified atom stereocenters. The predicted molar refractivity (Wildman–Crippen MR) is 88.8 cm³/mol. The number of amides is 2. The van der Waals surface area contributed by atoms with Gasteiger partial charge in [0.05, 0.1) is 12.2 Å². The summed E-state index contributed by atoms with van der Waals surface area (Å²) < 4.78 is 5.41. The standard InChI is InChI=1S/C13H14N2O4S3/c16-10(6-19-12(18)5-9-1-4-21-7-9)14-2-3-15-11(17)8-22-13(15)20/h1,4,7H,2-3,5-6,8H2,(H,14,16). The summed E-state index contributed by atoms with van der Waals surface area (Å²) in [5.74, 6) is -0.538.